The Morgan fingerprint density at radius 1 is 1.35 bits per heavy atom. The van der Waals surface area contributed by atoms with Crippen LogP contribution >= 0.6 is 0 Å². The van der Waals surface area contributed by atoms with E-state index in [0.717, 1.165) is 38.2 Å². The van der Waals surface area contributed by atoms with Gasteiger partial charge in [0.05, 0.1) is 0 Å². The largest absolute Gasteiger partial charge is 0.355 e. The second kappa shape index (κ2) is 6.79. The molecule has 0 spiro atoms. The van der Waals surface area contributed by atoms with E-state index in [4.69, 9.17) is 0 Å². The molecule has 1 aliphatic carbocycles. The van der Waals surface area contributed by atoms with Crippen molar-refractivity contribution in [3.63, 3.8) is 0 Å². The molecular formula is C16H32N4. The van der Waals surface area contributed by atoms with Crippen LogP contribution in [0.5, 0.6) is 0 Å². The molecule has 2 rings (SSSR count). The molecular weight excluding hydrogens is 248 g/mol. The zero-order chi connectivity index (χ0) is 14.6. The Hall–Kier alpha value is -0.770. The average molecular weight is 280 g/mol. The van der Waals surface area contributed by atoms with Crippen LogP contribution in [0.15, 0.2) is 4.99 Å². The van der Waals surface area contributed by atoms with Gasteiger partial charge in [-0.2, -0.15) is 0 Å². The summed E-state index contributed by atoms with van der Waals surface area (Å²) in [5, 5.41) is 3.54. The number of guanidine groups is 1. The van der Waals surface area contributed by atoms with Crippen molar-refractivity contribution in [2.75, 3.05) is 40.3 Å². The fourth-order valence-electron chi connectivity index (χ4n) is 3.50. The molecule has 4 heteroatoms. The highest BCUT2D eigenvalue weighted by molar-refractivity contribution is 5.80. The number of likely N-dealkylation sites (N-methyl/N-ethyl adjacent to an activating group) is 1. The number of aliphatic imine (C=N–C) groups is 1. The second-order valence-electron chi connectivity index (χ2n) is 7.23. The summed E-state index contributed by atoms with van der Waals surface area (Å²) in [5.41, 5.74) is 0.429. The van der Waals surface area contributed by atoms with Gasteiger partial charge in [-0.3, -0.25) is 4.99 Å². The topological polar surface area (TPSA) is 30.9 Å². The summed E-state index contributed by atoms with van der Waals surface area (Å²) >= 11 is 0. The molecule has 0 aromatic rings. The maximum atomic E-state index is 4.44. The first-order chi connectivity index (χ1) is 9.52. The minimum Gasteiger partial charge on any atom is -0.355 e. The molecule has 116 valence electrons. The number of nitrogens with zero attached hydrogens (tertiary/aromatic N) is 3. The lowest BCUT2D eigenvalue weighted by atomic mass is 9.93. The van der Waals surface area contributed by atoms with Gasteiger partial charge in [-0.1, -0.05) is 26.7 Å². The second-order valence-corrected chi connectivity index (χ2v) is 7.23. The first kappa shape index (κ1) is 15.6. The Balaban J connectivity index is 1.72. The van der Waals surface area contributed by atoms with E-state index in [1.165, 1.54) is 32.1 Å². The number of rotatable bonds is 4. The molecule has 1 N–H and O–H groups in total. The molecule has 2 fully saturated rings. The predicted octanol–water partition coefficient (Wildman–Crippen LogP) is 2.17. The molecule has 1 aliphatic heterocycles. The lowest BCUT2D eigenvalue weighted by Gasteiger charge is -2.27. The van der Waals surface area contributed by atoms with Gasteiger partial charge in [0.1, 0.15) is 0 Å². The Morgan fingerprint density at radius 3 is 2.60 bits per heavy atom. The Kier molecular flexibility index (Phi) is 5.30. The maximum absolute atomic E-state index is 4.44. The average Bonchev–Trinajstić information content (AvgIpc) is 3.04. The van der Waals surface area contributed by atoms with E-state index in [1.54, 1.807) is 0 Å². The minimum absolute atomic E-state index is 0.429. The van der Waals surface area contributed by atoms with Crippen LogP contribution in [0.25, 0.3) is 0 Å². The number of likely N-dealkylation sites (tertiary alicyclic amines) is 1. The van der Waals surface area contributed by atoms with Gasteiger partial charge in [-0.15, -0.1) is 0 Å². The van der Waals surface area contributed by atoms with Crippen LogP contribution < -0.4 is 5.32 Å². The molecule has 4 nitrogen and oxygen atoms in total. The summed E-state index contributed by atoms with van der Waals surface area (Å²) in [4.78, 5) is 9.36. The van der Waals surface area contributed by atoms with Crippen LogP contribution in [-0.4, -0.2) is 62.1 Å². The van der Waals surface area contributed by atoms with Crippen molar-refractivity contribution >= 4 is 5.96 Å². The van der Waals surface area contributed by atoms with Crippen molar-refractivity contribution in [2.24, 2.45) is 10.4 Å². The zero-order valence-corrected chi connectivity index (χ0v) is 13.8. The first-order valence-electron chi connectivity index (χ1n) is 8.18. The van der Waals surface area contributed by atoms with Gasteiger partial charge in [0.25, 0.3) is 0 Å². The zero-order valence-electron chi connectivity index (χ0n) is 13.8. The molecule has 2 aliphatic rings. The van der Waals surface area contributed by atoms with Gasteiger partial charge < -0.3 is 15.1 Å². The van der Waals surface area contributed by atoms with Gasteiger partial charge in [-0.05, 0) is 31.7 Å². The molecule has 0 aromatic heterocycles. The molecule has 1 saturated carbocycles. The molecule has 1 heterocycles. The van der Waals surface area contributed by atoms with Crippen LogP contribution in [-0.2, 0) is 0 Å². The monoisotopic (exact) mass is 280 g/mol. The standard InChI is InChI=1S/C16H32N4/c1-16(2)9-11-20(13-16)15(17-3)18-10-12-19(4)14-7-5-6-8-14/h14H,5-13H2,1-4H3,(H,17,18). The van der Waals surface area contributed by atoms with E-state index in [2.05, 4.69) is 41.0 Å². The van der Waals surface area contributed by atoms with E-state index in [9.17, 15) is 0 Å². The highest BCUT2D eigenvalue weighted by Crippen LogP contribution is 2.28. The van der Waals surface area contributed by atoms with Gasteiger partial charge in [-0.25, -0.2) is 0 Å². The highest BCUT2D eigenvalue weighted by Gasteiger charge is 2.30. The lowest BCUT2D eigenvalue weighted by Crippen LogP contribution is -2.44. The minimum atomic E-state index is 0.429. The van der Waals surface area contributed by atoms with Crippen molar-refractivity contribution < 1.29 is 0 Å². The van der Waals surface area contributed by atoms with E-state index in [0.29, 0.717) is 5.41 Å². The van der Waals surface area contributed by atoms with Crippen LogP contribution in [0, 0.1) is 5.41 Å². The SMILES string of the molecule is CN=C(NCCN(C)C1CCCC1)N1CCC(C)(C)C1. The summed E-state index contributed by atoms with van der Waals surface area (Å²) in [5.74, 6) is 1.08. The van der Waals surface area contributed by atoms with Crippen LogP contribution in [0.2, 0.25) is 0 Å². The molecule has 0 atom stereocenters. The number of hydrogen-bond donors (Lipinski definition) is 1. The van der Waals surface area contributed by atoms with Crippen LogP contribution in [0.1, 0.15) is 46.0 Å². The normalized spacial score (nSPS) is 23.9. The third-order valence-electron chi connectivity index (χ3n) is 4.88. The summed E-state index contributed by atoms with van der Waals surface area (Å²) < 4.78 is 0. The molecule has 0 radical (unpaired) electrons. The number of hydrogen-bond acceptors (Lipinski definition) is 2. The van der Waals surface area contributed by atoms with E-state index >= 15 is 0 Å². The first-order valence-corrected chi connectivity index (χ1v) is 8.18. The van der Waals surface area contributed by atoms with Gasteiger partial charge in [0, 0.05) is 39.3 Å². The van der Waals surface area contributed by atoms with Crippen LogP contribution in [0.4, 0.5) is 0 Å². The predicted molar refractivity (Wildman–Crippen MR) is 86.2 cm³/mol. The highest BCUT2D eigenvalue weighted by atomic mass is 15.3. The van der Waals surface area contributed by atoms with Crippen molar-refractivity contribution in [3.8, 4) is 0 Å². The van der Waals surface area contributed by atoms with Gasteiger partial charge in [0.2, 0.25) is 0 Å². The van der Waals surface area contributed by atoms with Gasteiger partial charge >= 0.3 is 0 Å². The molecule has 0 aromatic carbocycles. The third kappa shape index (κ3) is 4.11. The molecule has 0 unspecified atom stereocenters. The van der Waals surface area contributed by atoms with E-state index in [-0.39, 0.29) is 0 Å². The molecule has 1 saturated heterocycles. The Morgan fingerprint density at radius 2 is 2.05 bits per heavy atom. The van der Waals surface area contributed by atoms with E-state index in [1.807, 2.05) is 7.05 Å². The van der Waals surface area contributed by atoms with E-state index < -0.39 is 0 Å². The summed E-state index contributed by atoms with van der Waals surface area (Å²) in [6.07, 6.45) is 6.84. The maximum Gasteiger partial charge on any atom is 0.193 e. The van der Waals surface area contributed by atoms with Crippen LogP contribution in [0.3, 0.4) is 0 Å². The van der Waals surface area contributed by atoms with Crippen molar-refractivity contribution in [2.45, 2.75) is 52.0 Å². The summed E-state index contributed by atoms with van der Waals surface area (Å²) in [7, 11) is 4.16. The van der Waals surface area contributed by atoms with Crippen molar-refractivity contribution in [1.29, 1.82) is 0 Å². The lowest BCUT2D eigenvalue weighted by molar-refractivity contribution is 0.248. The third-order valence-corrected chi connectivity index (χ3v) is 4.88. The molecule has 0 bridgehead atoms. The van der Waals surface area contributed by atoms with Gasteiger partial charge in [0.15, 0.2) is 5.96 Å². The van der Waals surface area contributed by atoms with Crippen molar-refractivity contribution in [3.05, 3.63) is 0 Å². The summed E-state index contributed by atoms with van der Waals surface area (Å²) in [6.45, 7) is 9.04. The fourth-order valence-corrected chi connectivity index (χ4v) is 3.50. The Labute approximate surface area is 124 Å². The van der Waals surface area contributed by atoms with Crippen molar-refractivity contribution in [1.82, 2.24) is 15.1 Å². The molecule has 0 amide bonds. The quantitative estimate of drug-likeness (QED) is 0.632. The fraction of sp³-hybridized carbons (Fsp3) is 0.938. The summed E-state index contributed by atoms with van der Waals surface area (Å²) in [6, 6.07) is 0.810. The Bertz CT molecular complexity index is 331. The number of nitrogens with one attached hydrogen (secondary N) is 1. The smallest absolute Gasteiger partial charge is 0.193 e. The molecule has 20 heavy (non-hydrogen) atoms.